The fourth-order valence-electron chi connectivity index (χ4n) is 1.84. The Bertz CT molecular complexity index is 153. The molecule has 1 aliphatic rings. The number of hydrogen-bond donors (Lipinski definition) is 1. The van der Waals surface area contributed by atoms with Gasteiger partial charge in [0.25, 0.3) is 0 Å². The number of hydrogen-bond acceptors (Lipinski definition) is 3. The van der Waals surface area contributed by atoms with Crippen molar-refractivity contribution in [1.82, 2.24) is 4.90 Å². The zero-order valence-corrected chi connectivity index (χ0v) is 9.70. The molecule has 1 rings (SSSR count). The van der Waals surface area contributed by atoms with E-state index in [2.05, 4.69) is 18.7 Å². The van der Waals surface area contributed by atoms with Crippen LogP contribution < -0.4 is 5.73 Å². The molecule has 0 aliphatic carbocycles. The standard InChI is InChI=1S/C11H24N2O/c1-9(2)11(12)8-13-6-4-10(14-3)5-7-13/h9-11H,4-8,12H2,1-3H3/t11-/m1/s1. The number of nitrogens with zero attached hydrogens (tertiary/aromatic N) is 1. The first-order valence-electron chi connectivity index (χ1n) is 5.64. The highest BCUT2D eigenvalue weighted by molar-refractivity contribution is 4.77. The largest absolute Gasteiger partial charge is 0.381 e. The van der Waals surface area contributed by atoms with Gasteiger partial charge in [-0.25, -0.2) is 0 Å². The number of rotatable bonds is 4. The lowest BCUT2D eigenvalue weighted by atomic mass is 10.0. The van der Waals surface area contributed by atoms with Crippen LogP contribution in [0, 0.1) is 5.92 Å². The molecule has 0 amide bonds. The van der Waals surface area contributed by atoms with Crippen LogP contribution in [0.5, 0.6) is 0 Å². The molecule has 0 aromatic carbocycles. The zero-order chi connectivity index (χ0) is 10.6. The molecule has 0 aromatic rings. The molecule has 1 fully saturated rings. The predicted molar refractivity (Wildman–Crippen MR) is 59.3 cm³/mol. The normalized spacial score (nSPS) is 22.9. The molecular weight excluding hydrogens is 176 g/mol. The van der Waals surface area contributed by atoms with E-state index >= 15 is 0 Å². The Morgan fingerprint density at radius 3 is 2.36 bits per heavy atom. The first-order valence-corrected chi connectivity index (χ1v) is 5.64. The SMILES string of the molecule is COC1CCN(C[C@@H](N)C(C)C)CC1. The number of methoxy groups -OCH3 is 1. The highest BCUT2D eigenvalue weighted by atomic mass is 16.5. The summed E-state index contributed by atoms with van der Waals surface area (Å²) in [7, 11) is 1.81. The summed E-state index contributed by atoms with van der Waals surface area (Å²) in [6, 6.07) is 0.314. The molecule has 3 heteroatoms. The second-order valence-corrected chi connectivity index (χ2v) is 4.64. The topological polar surface area (TPSA) is 38.5 Å². The van der Waals surface area contributed by atoms with Gasteiger partial charge in [0.05, 0.1) is 6.10 Å². The fraction of sp³-hybridized carbons (Fsp3) is 1.00. The highest BCUT2D eigenvalue weighted by Crippen LogP contribution is 2.13. The molecule has 1 aliphatic heterocycles. The Balaban J connectivity index is 2.22. The third-order valence-electron chi connectivity index (χ3n) is 3.19. The maximum atomic E-state index is 6.04. The molecule has 0 radical (unpaired) electrons. The lowest BCUT2D eigenvalue weighted by Gasteiger charge is -2.33. The second kappa shape index (κ2) is 5.69. The van der Waals surface area contributed by atoms with E-state index in [4.69, 9.17) is 10.5 Å². The third-order valence-corrected chi connectivity index (χ3v) is 3.19. The van der Waals surface area contributed by atoms with E-state index in [-0.39, 0.29) is 0 Å². The van der Waals surface area contributed by atoms with E-state index in [0.29, 0.717) is 18.1 Å². The third kappa shape index (κ3) is 3.56. The van der Waals surface area contributed by atoms with Crippen LogP contribution in [0.1, 0.15) is 26.7 Å². The molecule has 0 aromatic heterocycles. The zero-order valence-electron chi connectivity index (χ0n) is 9.70. The average Bonchev–Trinajstić information content (AvgIpc) is 2.19. The van der Waals surface area contributed by atoms with Crippen LogP contribution in [0.3, 0.4) is 0 Å². The Labute approximate surface area is 87.6 Å². The molecule has 0 bridgehead atoms. The van der Waals surface area contributed by atoms with Gasteiger partial charge in [-0.3, -0.25) is 0 Å². The highest BCUT2D eigenvalue weighted by Gasteiger charge is 2.20. The van der Waals surface area contributed by atoms with Crippen molar-refractivity contribution in [3.8, 4) is 0 Å². The molecule has 0 saturated carbocycles. The van der Waals surface area contributed by atoms with Crippen LogP contribution in [0.25, 0.3) is 0 Å². The van der Waals surface area contributed by atoms with Gasteiger partial charge in [0, 0.05) is 32.8 Å². The van der Waals surface area contributed by atoms with Crippen LogP contribution in [-0.4, -0.2) is 43.8 Å². The number of piperidine rings is 1. The first-order chi connectivity index (χ1) is 6.63. The predicted octanol–water partition coefficient (Wildman–Crippen LogP) is 1.08. The van der Waals surface area contributed by atoms with E-state index < -0.39 is 0 Å². The molecule has 2 N–H and O–H groups in total. The van der Waals surface area contributed by atoms with Crippen molar-refractivity contribution in [2.75, 3.05) is 26.7 Å². The van der Waals surface area contributed by atoms with Gasteiger partial charge in [0.15, 0.2) is 0 Å². The van der Waals surface area contributed by atoms with Crippen molar-refractivity contribution < 1.29 is 4.74 Å². The smallest absolute Gasteiger partial charge is 0.0595 e. The number of likely N-dealkylation sites (tertiary alicyclic amines) is 1. The fourth-order valence-corrected chi connectivity index (χ4v) is 1.84. The maximum absolute atomic E-state index is 6.04. The van der Waals surface area contributed by atoms with Crippen LogP contribution in [0.15, 0.2) is 0 Å². The van der Waals surface area contributed by atoms with Gasteiger partial charge >= 0.3 is 0 Å². The van der Waals surface area contributed by atoms with Crippen molar-refractivity contribution >= 4 is 0 Å². The molecule has 3 nitrogen and oxygen atoms in total. The van der Waals surface area contributed by atoms with Gasteiger partial charge in [-0.05, 0) is 18.8 Å². The second-order valence-electron chi connectivity index (χ2n) is 4.64. The van der Waals surface area contributed by atoms with Gasteiger partial charge in [0.1, 0.15) is 0 Å². The summed E-state index contributed by atoms with van der Waals surface area (Å²) in [6.45, 7) is 7.69. The van der Waals surface area contributed by atoms with E-state index in [1.165, 1.54) is 0 Å². The molecule has 0 unspecified atom stereocenters. The minimum absolute atomic E-state index is 0.314. The van der Waals surface area contributed by atoms with E-state index in [1.807, 2.05) is 0 Å². The molecule has 1 saturated heterocycles. The van der Waals surface area contributed by atoms with Gasteiger partial charge in [0.2, 0.25) is 0 Å². The van der Waals surface area contributed by atoms with Crippen molar-refractivity contribution in [2.45, 2.75) is 38.8 Å². The average molecular weight is 200 g/mol. The molecular formula is C11H24N2O. The molecule has 84 valence electrons. The minimum Gasteiger partial charge on any atom is -0.381 e. The summed E-state index contributed by atoms with van der Waals surface area (Å²) < 4.78 is 5.33. The number of nitrogens with two attached hydrogens (primary N) is 1. The van der Waals surface area contributed by atoms with Crippen LogP contribution in [-0.2, 0) is 4.74 Å². The maximum Gasteiger partial charge on any atom is 0.0595 e. The summed E-state index contributed by atoms with van der Waals surface area (Å²) in [5.41, 5.74) is 6.04. The Hall–Kier alpha value is -0.120. The summed E-state index contributed by atoms with van der Waals surface area (Å²) >= 11 is 0. The Kier molecular flexibility index (Phi) is 4.85. The quantitative estimate of drug-likeness (QED) is 0.738. The van der Waals surface area contributed by atoms with Gasteiger partial charge in [-0.15, -0.1) is 0 Å². The molecule has 14 heavy (non-hydrogen) atoms. The molecule has 1 atom stereocenters. The summed E-state index contributed by atoms with van der Waals surface area (Å²) in [5.74, 6) is 0.579. The van der Waals surface area contributed by atoms with E-state index in [9.17, 15) is 0 Å². The van der Waals surface area contributed by atoms with Crippen molar-refractivity contribution in [1.29, 1.82) is 0 Å². The van der Waals surface area contributed by atoms with Gasteiger partial charge in [-0.1, -0.05) is 13.8 Å². The molecule has 0 spiro atoms. The lowest BCUT2D eigenvalue weighted by Crippen LogP contribution is -2.45. The summed E-state index contributed by atoms with van der Waals surface area (Å²) in [6.07, 6.45) is 2.78. The first kappa shape index (κ1) is 12.0. The lowest BCUT2D eigenvalue weighted by molar-refractivity contribution is 0.0382. The number of ether oxygens (including phenoxy) is 1. The van der Waals surface area contributed by atoms with Gasteiger partial charge < -0.3 is 15.4 Å². The Morgan fingerprint density at radius 2 is 1.93 bits per heavy atom. The van der Waals surface area contributed by atoms with E-state index in [0.717, 1.165) is 32.5 Å². The Morgan fingerprint density at radius 1 is 1.36 bits per heavy atom. The molecule has 1 heterocycles. The summed E-state index contributed by atoms with van der Waals surface area (Å²) in [5, 5.41) is 0. The van der Waals surface area contributed by atoms with Crippen LogP contribution >= 0.6 is 0 Å². The minimum atomic E-state index is 0.314. The van der Waals surface area contributed by atoms with Crippen molar-refractivity contribution in [3.05, 3.63) is 0 Å². The van der Waals surface area contributed by atoms with E-state index in [1.54, 1.807) is 7.11 Å². The van der Waals surface area contributed by atoms with Crippen molar-refractivity contribution in [3.63, 3.8) is 0 Å². The van der Waals surface area contributed by atoms with Crippen LogP contribution in [0.4, 0.5) is 0 Å². The van der Waals surface area contributed by atoms with Crippen LogP contribution in [0.2, 0.25) is 0 Å². The monoisotopic (exact) mass is 200 g/mol. The van der Waals surface area contributed by atoms with Gasteiger partial charge in [-0.2, -0.15) is 0 Å². The van der Waals surface area contributed by atoms with Crippen molar-refractivity contribution in [2.24, 2.45) is 11.7 Å². The summed E-state index contributed by atoms with van der Waals surface area (Å²) in [4.78, 5) is 2.46.